The first-order chi connectivity index (χ1) is 12.1. The van der Waals surface area contributed by atoms with E-state index < -0.39 is 0 Å². The lowest BCUT2D eigenvalue weighted by atomic mass is 10.2. The first-order valence-corrected chi connectivity index (χ1v) is 8.75. The zero-order valence-electron chi connectivity index (χ0n) is 15.0. The van der Waals surface area contributed by atoms with Crippen molar-refractivity contribution in [1.29, 1.82) is 0 Å². The third-order valence-electron chi connectivity index (χ3n) is 4.58. The van der Waals surface area contributed by atoms with E-state index in [4.69, 9.17) is 4.74 Å². The Morgan fingerprint density at radius 3 is 2.96 bits per heavy atom. The number of carbonyl (C=O) groups excluding carboxylic acids is 1. The molecule has 2 aromatic rings. The molecule has 134 valence electrons. The number of amides is 2. The van der Waals surface area contributed by atoms with Crippen LogP contribution in [0.5, 0.6) is 5.75 Å². The zero-order chi connectivity index (χ0) is 17.8. The van der Waals surface area contributed by atoms with Crippen LogP contribution in [0, 0.1) is 13.8 Å². The topological polar surface area (TPSA) is 81.1 Å². The van der Waals surface area contributed by atoms with Gasteiger partial charge in [-0.25, -0.2) is 4.79 Å². The highest BCUT2D eigenvalue weighted by Crippen LogP contribution is 2.25. The lowest BCUT2D eigenvalue weighted by Crippen LogP contribution is -2.44. The van der Waals surface area contributed by atoms with Crippen molar-refractivity contribution in [2.24, 2.45) is 0 Å². The summed E-state index contributed by atoms with van der Waals surface area (Å²) in [5, 5.41) is 10.2. The fraction of sp³-hybridized carbons (Fsp3) is 0.500. The number of aromatic nitrogens is 3. The summed E-state index contributed by atoms with van der Waals surface area (Å²) in [6, 6.07) is 1.65. The third kappa shape index (κ3) is 4.10. The Hall–Kier alpha value is -2.57. The average Bonchev–Trinajstić information content (AvgIpc) is 3.21. The molecule has 7 nitrogen and oxygen atoms in total. The first kappa shape index (κ1) is 17.3. The Balaban J connectivity index is 1.60. The lowest BCUT2D eigenvalue weighted by Gasteiger charge is -2.22. The number of carbonyl (C=O) groups is 1. The van der Waals surface area contributed by atoms with Crippen molar-refractivity contribution < 1.29 is 9.53 Å². The lowest BCUT2D eigenvalue weighted by molar-refractivity contribution is 0.175. The fourth-order valence-corrected chi connectivity index (χ4v) is 3.19. The van der Waals surface area contributed by atoms with E-state index >= 15 is 0 Å². The van der Waals surface area contributed by atoms with Gasteiger partial charge in [0.1, 0.15) is 6.10 Å². The van der Waals surface area contributed by atoms with Crippen LogP contribution in [-0.2, 0) is 6.54 Å². The molecule has 0 aromatic carbocycles. The van der Waals surface area contributed by atoms with Gasteiger partial charge in [0.2, 0.25) is 0 Å². The van der Waals surface area contributed by atoms with Crippen molar-refractivity contribution in [3.05, 3.63) is 35.9 Å². The van der Waals surface area contributed by atoms with Crippen molar-refractivity contribution in [3.8, 4) is 5.75 Å². The first-order valence-electron chi connectivity index (χ1n) is 8.75. The van der Waals surface area contributed by atoms with E-state index in [1.54, 1.807) is 12.4 Å². The number of pyridine rings is 1. The van der Waals surface area contributed by atoms with Gasteiger partial charge < -0.3 is 15.4 Å². The van der Waals surface area contributed by atoms with Crippen LogP contribution < -0.4 is 15.4 Å². The predicted molar refractivity (Wildman–Crippen MR) is 95.8 cm³/mol. The summed E-state index contributed by atoms with van der Waals surface area (Å²) >= 11 is 0. The van der Waals surface area contributed by atoms with E-state index in [2.05, 4.69) is 20.7 Å². The van der Waals surface area contributed by atoms with Crippen molar-refractivity contribution in [2.75, 3.05) is 5.32 Å². The molecule has 0 bridgehead atoms. The third-order valence-corrected chi connectivity index (χ3v) is 4.58. The Labute approximate surface area is 147 Å². The minimum Gasteiger partial charge on any atom is -0.485 e. The summed E-state index contributed by atoms with van der Waals surface area (Å²) in [4.78, 5) is 16.6. The number of aryl methyl sites for hydroxylation is 3. The minimum atomic E-state index is -0.219. The van der Waals surface area contributed by atoms with Gasteiger partial charge in [0.15, 0.2) is 5.75 Å². The van der Waals surface area contributed by atoms with E-state index in [1.807, 2.05) is 37.7 Å². The SMILES string of the molecule is CCn1cc(O[C@@H]2CCC[C@@H]2NC(=O)Nc2c(C)ccnc2C)cn1. The number of urea groups is 1. The Morgan fingerprint density at radius 2 is 2.24 bits per heavy atom. The molecule has 0 aliphatic heterocycles. The van der Waals surface area contributed by atoms with Gasteiger partial charge in [0.05, 0.1) is 29.8 Å². The molecule has 1 saturated carbocycles. The maximum Gasteiger partial charge on any atom is 0.319 e. The molecule has 25 heavy (non-hydrogen) atoms. The second kappa shape index (κ2) is 7.55. The molecule has 0 saturated heterocycles. The van der Waals surface area contributed by atoms with Crippen molar-refractivity contribution >= 4 is 11.7 Å². The van der Waals surface area contributed by atoms with Crippen molar-refractivity contribution in [3.63, 3.8) is 0 Å². The minimum absolute atomic E-state index is 0.0118. The normalized spacial score (nSPS) is 19.6. The molecule has 2 heterocycles. The Kier molecular flexibility index (Phi) is 5.21. The molecule has 2 N–H and O–H groups in total. The number of nitrogens with one attached hydrogen (secondary N) is 2. The van der Waals surface area contributed by atoms with Crippen LogP contribution >= 0.6 is 0 Å². The summed E-state index contributed by atoms with van der Waals surface area (Å²) < 4.78 is 7.86. The molecular formula is C18H25N5O2. The summed E-state index contributed by atoms with van der Waals surface area (Å²) in [6.07, 6.45) is 8.18. The number of nitrogens with zero attached hydrogens (tertiary/aromatic N) is 3. The molecule has 1 fully saturated rings. The zero-order valence-corrected chi connectivity index (χ0v) is 15.0. The van der Waals surface area contributed by atoms with Crippen LogP contribution in [0.1, 0.15) is 37.4 Å². The number of ether oxygens (including phenoxy) is 1. The van der Waals surface area contributed by atoms with E-state index in [1.165, 1.54) is 0 Å². The van der Waals surface area contributed by atoms with Gasteiger partial charge >= 0.3 is 6.03 Å². The van der Waals surface area contributed by atoms with E-state index in [9.17, 15) is 4.79 Å². The molecule has 2 amide bonds. The molecular weight excluding hydrogens is 318 g/mol. The number of anilines is 1. The van der Waals surface area contributed by atoms with Crippen molar-refractivity contribution in [2.45, 2.75) is 58.7 Å². The second-order valence-electron chi connectivity index (χ2n) is 6.41. The molecule has 2 atom stereocenters. The van der Waals surface area contributed by atoms with Crippen LogP contribution in [-0.4, -0.2) is 32.9 Å². The highest BCUT2D eigenvalue weighted by molar-refractivity contribution is 5.90. The summed E-state index contributed by atoms with van der Waals surface area (Å²) in [7, 11) is 0. The Bertz CT molecular complexity index is 723. The molecule has 3 rings (SSSR count). The number of hydrogen-bond donors (Lipinski definition) is 2. The van der Waals surface area contributed by atoms with Gasteiger partial charge in [-0.15, -0.1) is 0 Å². The van der Waals surface area contributed by atoms with Crippen LogP contribution in [0.2, 0.25) is 0 Å². The fourth-order valence-electron chi connectivity index (χ4n) is 3.19. The molecule has 0 spiro atoms. The summed E-state index contributed by atoms with van der Waals surface area (Å²) in [5.74, 6) is 0.750. The van der Waals surface area contributed by atoms with Crippen molar-refractivity contribution in [1.82, 2.24) is 20.1 Å². The smallest absolute Gasteiger partial charge is 0.319 e. The standard InChI is InChI=1S/C18H25N5O2/c1-4-23-11-14(10-20-23)25-16-7-5-6-15(16)21-18(24)22-17-12(2)8-9-19-13(17)3/h8-11,15-16H,4-7H2,1-3H3,(H2,21,22,24)/t15-,16+/m0/s1. The quantitative estimate of drug-likeness (QED) is 0.874. The van der Waals surface area contributed by atoms with E-state index in [0.717, 1.165) is 48.5 Å². The van der Waals surface area contributed by atoms with Gasteiger partial charge in [0.25, 0.3) is 0 Å². The molecule has 1 aliphatic carbocycles. The van der Waals surface area contributed by atoms with Crippen LogP contribution in [0.25, 0.3) is 0 Å². The molecule has 0 unspecified atom stereocenters. The monoisotopic (exact) mass is 343 g/mol. The molecule has 7 heteroatoms. The van der Waals surface area contributed by atoms with Crippen LogP contribution in [0.4, 0.5) is 10.5 Å². The molecule has 1 aliphatic rings. The highest BCUT2D eigenvalue weighted by Gasteiger charge is 2.30. The maximum atomic E-state index is 12.4. The van der Waals surface area contributed by atoms with Gasteiger partial charge in [0, 0.05) is 12.7 Å². The summed E-state index contributed by atoms with van der Waals surface area (Å²) in [5.41, 5.74) is 2.56. The van der Waals surface area contributed by atoms with Gasteiger partial charge in [-0.1, -0.05) is 0 Å². The van der Waals surface area contributed by atoms with E-state index in [-0.39, 0.29) is 18.2 Å². The van der Waals surface area contributed by atoms with E-state index in [0.29, 0.717) is 0 Å². The van der Waals surface area contributed by atoms with Crippen LogP contribution in [0.15, 0.2) is 24.7 Å². The van der Waals surface area contributed by atoms with Gasteiger partial charge in [-0.05, 0) is 51.7 Å². The molecule has 2 aromatic heterocycles. The van der Waals surface area contributed by atoms with Crippen LogP contribution in [0.3, 0.4) is 0 Å². The number of rotatable bonds is 5. The van der Waals surface area contributed by atoms with Gasteiger partial charge in [-0.3, -0.25) is 9.67 Å². The second-order valence-corrected chi connectivity index (χ2v) is 6.41. The Morgan fingerprint density at radius 1 is 1.40 bits per heavy atom. The molecule has 0 radical (unpaired) electrons. The summed E-state index contributed by atoms with van der Waals surface area (Å²) in [6.45, 7) is 6.68. The average molecular weight is 343 g/mol. The predicted octanol–water partition coefficient (Wildman–Crippen LogP) is 3.04. The maximum absolute atomic E-state index is 12.4. The van der Waals surface area contributed by atoms with Gasteiger partial charge in [-0.2, -0.15) is 5.10 Å². The number of hydrogen-bond acceptors (Lipinski definition) is 4. The highest BCUT2D eigenvalue weighted by atomic mass is 16.5. The largest absolute Gasteiger partial charge is 0.485 e.